The van der Waals surface area contributed by atoms with Gasteiger partial charge in [-0.1, -0.05) is 30.7 Å². The lowest BCUT2D eigenvalue weighted by Crippen LogP contribution is -2.06. The van der Waals surface area contributed by atoms with E-state index in [0.29, 0.717) is 5.02 Å². The Morgan fingerprint density at radius 3 is 2.60 bits per heavy atom. The fourth-order valence-electron chi connectivity index (χ4n) is 1.21. The van der Waals surface area contributed by atoms with Gasteiger partial charge in [-0.15, -0.1) is 6.58 Å². The molecular formula is C13H16ClO. The lowest BCUT2D eigenvalue weighted by molar-refractivity contribution is 0.242. The minimum absolute atomic E-state index is 0.137. The number of rotatable bonds is 4. The zero-order valence-corrected chi connectivity index (χ0v) is 10.1. The van der Waals surface area contributed by atoms with Gasteiger partial charge in [0.1, 0.15) is 5.75 Å². The van der Waals surface area contributed by atoms with Crippen LogP contribution in [0.3, 0.4) is 0 Å². The Bertz CT molecular complexity index is 344. The van der Waals surface area contributed by atoms with Gasteiger partial charge in [-0.3, -0.25) is 0 Å². The molecule has 0 aliphatic carbocycles. The summed E-state index contributed by atoms with van der Waals surface area (Å²) in [7, 11) is 0. The molecule has 0 aliphatic heterocycles. The number of halogens is 1. The highest BCUT2D eigenvalue weighted by atomic mass is 35.5. The van der Waals surface area contributed by atoms with Gasteiger partial charge in [0.05, 0.1) is 11.1 Å². The number of hydrogen-bond donors (Lipinski definition) is 0. The first kappa shape index (κ1) is 12.1. The SMILES string of the molecule is C=C[C](C)c1ccc(OC(C)C)c(Cl)c1. The number of ether oxygens (including phenoxy) is 1. The summed E-state index contributed by atoms with van der Waals surface area (Å²) in [5, 5.41) is 0.641. The van der Waals surface area contributed by atoms with Crippen molar-refractivity contribution in [2.45, 2.75) is 26.9 Å². The van der Waals surface area contributed by atoms with E-state index in [1.165, 1.54) is 0 Å². The molecule has 1 aromatic rings. The second-order valence-corrected chi connectivity index (χ2v) is 4.11. The Labute approximate surface area is 96.7 Å². The summed E-state index contributed by atoms with van der Waals surface area (Å²) in [6.07, 6.45) is 1.95. The third-order valence-electron chi connectivity index (χ3n) is 2.06. The quantitative estimate of drug-likeness (QED) is 0.741. The highest BCUT2D eigenvalue weighted by Gasteiger charge is 2.07. The van der Waals surface area contributed by atoms with Crippen molar-refractivity contribution in [2.75, 3.05) is 0 Å². The number of allylic oxidation sites excluding steroid dienone is 1. The van der Waals surface area contributed by atoms with Gasteiger partial charge in [0.2, 0.25) is 0 Å². The molecule has 1 nitrogen and oxygen atoms in total. The average Bonchev–Trinajstić information content (AvgIpc) is 2.19. The van der Waals surface area contributed by atoms with Crippen molar-refractivity contribution in [3.05, 3.63) is 47.4 Å². The summed E-state index contributed by atoms with van der Waals surface area (Å²) in [6.45, 7) is 9.68. The van der Waals surface area contributed by atoms with Crippen LogP contribution >= 0.6 is 11.6 Å². The van der Waals surface area contributed by atoms with Gasteiger partial charge in [-0.2, -0.15) is 0 Å². The molecular weight excluding hydrogens is 208 g/mol. The molecule has 0 saturated heterocycles. The molecule has 0 aliphatic rings. The van der Waals surface area contributed by atoms with Crippen LogP contribution in [0.4, 0.5) is 0 Å². The molecule has 15 heavy (non-hydrogen) atoms. The molecule has 0 atom stereocenters. The summed E-state index contributed by atoms with van der Waals surface area (Å²) in [6, 6.07) is 5.78. The predicted octanol–water partition coefficient (Wildman–Crippen LogP) is 4.26. The molecule has 0 fully saturated rings. The van der Waals surface area contributed by atoms with E-state index < -0.39 is 0 Å². The minimum atomic E-state index is 0.137. The maximum Gasteiger partial charge on any atom is 0.138 e. The molecule has 0 spiro atoms. The summed E-state index contributed by atoms with van der Waals surface area (Å²) < 4.78 is 5.55. The van der Waals surface area contributed by atoms with E-state index in [2.05, 4.69) is 6.58 Å². The zero-order chi connectivity index (χ0) is 11.4. The van der Waals surface area contributed by atoms with Gasteiger partial charge >= 0.3 is 0 Å². The minimum Gasteiger partial charge on any atom is -0.489 e. The van der Waals surface area contributed by atoms with Crippen LogP contribution in [0.1, 0.15) is 26.3 Å². The van der Waals surface area contributed by atoms with Crippen LogP contribution in [0.15, 0.2) is 30.9 Å². The van der Waals surface area contributed by atoms with Crippen molar-refractivity contribution < 1.29 is 4.74 Å². The average molecular weight is 224 g/mol. The molecule has 0 bridgehead atoms. The molecule has 0 saturated carbocycles. The monoisotopic (exact) mass is 223 g/mol. The summed E-state index contributed by atoms with van der Waals surface area (Å²) >= 11 is 6.10. The zero-order valence-electron chi connectivity index (χ0n) is 9.38. The molecule has 1 aromatic carbocycles. The standard InChI is InChI=1S/C13H16ClO/c1-5-10(4)11-6-7-13(12(14)8-11)15-9(2)3/h5-9H,1H2,2-4H3. The topological polar surface area (TPSA) is 9.23 Å². The van der Waals surface area contributed by atoms with Crippen LogP contribution in [0, 0.1) is 5.92 Å². The van der Waals surface area contributed by atoms with Crippen molar-refractivity contribution in [3.63, 3.8) is 0 Å². The van der Waals surface area contributed by atoms with Crippen molar-refractivity contribution in [1.29, 1.82) is 0 Å². The van der Waals surface area contributed by atoms with Crippen molar-refractivity contribution in [1.82, 2.24) is 0 Å². The summed E-state index contributed by atoms with van der Waals surface area (Å²) in [5.74, 6) is 1.83. The number of hydrogen-bond acceptors (Lipinski definition) is 1. The first-order chi connectivity index (χ1) is 7.04. The third-order valence-corrected chi connectivity index (χ3v) is 2.35. The van der Waals surface area contributed by atoms with Gasteiger partial charge < -0.3 is 4.74 Å². The van der Waals surface area contributed by atoms with Crippen LogP contribution in [-0.2, 0) is 0 Å². The summed E-state index contributed by atoms with van der Waals surface area (Å²) in [4.78, 5) is 0. The van der Waals surface area contributed by atoms with Gasteiger partial charge in [0.15, 0.2) is 0 Å². The Kier molecular flexibility index (Phi) is 4.22. The molecule has 0 aromatic heterocycles. The lowest BCUT2D eigenvalue weighted by Gasteiger charge is -2.13. The highest BCUT2D eigenvalue weighted by Crippen LogP contribution is 2.29. The largest absolute Gasteiger partial charge is 0.489 e. The van der Waals surface area contributed by atoms with Crippen molar-refractivity contribution in [3.8, 4) is 5.75 Å². The van der Waals surface area contributed by atoms with Gasteiger partial charge in [0.25, 0.3) is 0 Å². The van der Waals surface area contributed by atoms with Crippen LogP contribution in [-0.4, -0.2) is 6.10 Å². The summed E-state index contributed by atoms with van der Waals surface area (Å²) in [5.41, 5.74) is 1.08. The maximum atomic E-state index is 6.10. The smallest absolute Gasteiger partial charge is 0.138 e. The highest BCUT2D eigenvalue weighted by molar-refractivity contribution is 6.32. The van der Waals surface area contributed by atoms with Crippen molar-refractivity contribution in [2.24, 2.45) is 0 Å². The van der Waals surface area contributed by atoms with Gasteiger partial charge in [0, 0.05) is 5.92 Å². The predicted molar refractivity (Wildman–Crippen MR) is 65.4 cm³/mol. The molecule has 0 unspecified atom stereocenters. The van der Waals surface area contributed by atoms with E-state index >= 15 is 0 Å². The number of benzene rings is 1. The molecule has 1 radical (unpaired) electrons. The van der Waals surface area contributed by atoms with Crippen LogP contribution in [0.5, 0.6) is 5.75 Å². The van der Waals surface area contributed by atoms with E-state index in [1.807, 2.05) is 45.0 Å². The van der Waals surface area contributed by atoms with E-state index in [1.54, 1.807) is 0 Å². The molecule has 0 N–H and O–H groups in total. The van der Waals surface area contributed by atoms with E-state index in [4.69, 9.17) is 16.3 Å². The molecule has 2 heteroatoms. The third kappa shape index (κ3) is 3.28. The molecule has 0 heterocycles. The lowest BCUT2D eigenvalue weighted by atomic mass is 10.0. The fraction of sp³-hybridized carbons (Fsp3) is 0.308. The normalized spacial score (nSPS) is 10.8. The van der Waals surface area contributed by atoms with Crippen LogP contribution < -0.4 is 4.74 Å². The first-order valence-electron chi connectivity index (χ1n) is 4.97. The Morgan fingerprint density at radius 1 is 1.47 bits per heavy atom. The Hall–Kier alpha value is -0.950. The molecule has 0 amide bonds. The van der Waals surface area contributed by atoms with E-state index in [9.17, 15) is 0 Å². The van der Waals surface area contributed by atoms with Crippen molar-refractivity contribution >= 4 is 11.6 Å². The van der Waals surface area contributed by atoms with Crippen LogP contribution in [0.25, 0.3) is 0 Å². The molecule has 81 valence electrons. The maximum absolute atomic E-state index is 6.10. The Balaban J connectivity index is 2.92. The second kappa shape index (κ2) is 5.22. The van der Waals surface area contributed by atoms with E-state index in [-0.39, 0.29) is 6.10 Å². The molecule has 1 rings (SSSR count). The second-order valence-electron chi connectivity index (χ2n) is 3.70. The first-order valence-corrected chi connectivity index (χ1v) is 5.35. The van der Waals surface area contributed by atoms with Gasteiger partial charge in [-0.05, 0) is 31.5 Å². The van der Waals surface area contributed by atoms with Crippen LogP contribution in [0.2, 0.25) is 5.02 Å². The fourth-order valence-corrected chi connectivity index (χ4v) is 1.44. The van der Waals surface area contributed by atoms with E-state index in [0.717, 1.165) is 17.2 Å². The Morgan fingerprint density at radius 2 is 2.13 bits per heavy atom. The van der Waals surface area contributed by atoms with Gasteiger partial charge in [-0.25, -0.2) is 0 Å².